The molecule has 5 nitrogen and oxygen atoms in total. The first-order valence-electron chi connectivity index (χ1n) is 6.16. The zero-order chi connectivity index (χ0) is 12.5. The predicted octanol–water partition coefficient (Wildman–Crippen LogP) is 1.40. The normalized spacial score (nSPS) is 20.4. The molecule has 1 fully saturated rings. The van der Waals surface area contributed by atoms with Crippen LogP contribution in [0.5, 0.6) is 0 Å². The van der Waals surface area contributed by atoms with Crippen LogP contribution >= 0.6 is 0 Å². The van der Waals surface area contributed by atoms with E-state index in [0.717, 1.165) is 24.3 Å². The Hall–Kier alpha value is -1.88. The van der Waals surface area contributed by atoms with Crippen molar-refractivity contribution in [1.29, 1.82) is 0 Å². The molecule has 1 aliphatic heterocycles. The predicted molar refractivity (Wildman–Crippen MR) is 71.0 cm³/mol. The van der Waals surface area contributed by atoms with E-state index >= 15 is 0 Å². The van der Waals surface area contributed by atoms with Gasteiger partial charge in [0.25, 0.3) is 0 Å². The van der Waals surface area contributed by atoms with Gasteiger partial charge in [-0.1, -0.05) is 0 Å². The molecule has 94 valence electrons. The molecule has 5 heteroatoms. The highest BCUT2D eigenvalue weighted by Gasteiger charge is 2.22. The van der Waals surface area contributed by atoms with E-state index in [1.165, 1.54) is 6.42 Å². The summed E-state index contributed by atoms with van der Waals surface area (Å²) >= 11 is 0. The Morgan fingerprint density at radius 2 is 2.33 bits per heavy atom. The van der Waals surface area contributed by atoms with Crippen LogP contribution in [0.15, 0.2) is 30.9 Å². The highest BCUT2D eigenvalue weighted by molar-refractivity contribution is 5.61. The van der Waals surface area contributed by atoms with Crippen LogP contribution in [0.2, 0.25) is 0 Å². The topological polar surface area (TPSA) is 60.0 Å². The van der Waals surface area contributed by atoms with E-state index in [1.807, 2.05) is 24.7 Å². The molecular formula is C13H17N5. The van der Waals surface area contributed by atoms with Gasteiger partial charge in [0.15, 0.2) is 0 Å². The van der Waals surface area contributed by atoms with Gasteiger partial charge in [-0.2, -0.15) is 0 Å². The van der Waals surface area contributed by atoms with Gasteiger partial charge >= 0.3 is 0 Å². The number of pyridine rings is 1. The Morgan fingerprint density at radius 3 is 3.06 bits per heavy atom. The van der Waals surface area contributed by atoms with Crippen LogP contribution in [0, 0.1) is 0 Å². The lowest BCUT2D eigenvalue weighted by atomic mass is 10.1. The van der Waals surface area contributed by atoms with E-state index in [4.69, 9.17) is 5.73 Å². The lowest BCUT2D eigenvalue weighted by Gasteiger charge is -2.15. The summed E-state index contributed by atoms with van der Waals surface area (Å²) in [5, 5.41) is 0. The van der Waals surface area contributed by atoms with Crippen LogP contribution < -0.4 is 5.73 Å². The summed E-state index contributed by atoms with van der Waals surface area (Å²) in [4.78, 5) is 10.7. The van der Waals surface area contributed by atoms with Crippen molar-refractivity contribution in [3.8, 4) is 11.3 Å². The fourth-order valence-electron chi connectivity index (χ4n) is 2.57. The summed E-state index contributed by atoms with van der Waals surface area (Å²) in [6.07, 6.45) is 6.71. The second-order valence-corrected chi connectivity index (χ2v) is 4.86. The molecule has 0 spiro atoms. The maximum atomic E-state index is 5.74. The minimum absolute atomic E-state index is 0.502. The van der Waals surface area contributed by atoms with Crippen molar-refractivity contribution < 1.29 is 0 Å². The van der Waals surface area contributed by atoms with Crippen LogP contribution in [0.25, 0.3) is 11.3 Å². The molecular weight excluding hydrogens is 226 g/mol. The third-order valence-electron chi connectivity index (χ3n) is 3.50. The van der Waals surface area contributed by atoms with Crippen molar-refractivity contribution in [2.75, 3.05) is 25.9 Å². The molecule has 0 aromatic carbocycles. The van der Waals surface area contributed by atoms with Crippen LogP contribution in [-0.2, 0) is 0 Å². The van der Waals surface area contributed by atoms with Crippen LogP contribution in [0.4, 0.5) is 5.82 Å². The minimum Gasteiger partial charge on any atom is -0.384 e. The lowest BCUT2D eigenvalue weighted by Crippen LogP contribution is -2.16. The second kappa shape index (κ2) is 4.42. The van der Waals surface area contributed by atoms with Crippen molar-refractivity contribution in [3.05, 3.63) is 30.9 Å². The van der Waals surface area contributed by atoms with Crippen molar-refractivity contribution in [2.45, 2.75) is 12.5 Å². The fourth-order valence-corrected chi connectivity index (χ4v) is 2.57. The van der Waals surface area contributed by atoms with Crippen molar-refractivity contribution in [2.24, 2.45) is 0 Å². The van der Waals surface area contributed by atoms with E-state index in [2.05, 4.69) is 26.5 Å². The van der Waals surface area contributed by atoms with Gasteiger partial charge in [0.05, 0.1) is 18.2 Å². The molecule has 1 atom stereocenters. The van der Waals surface area contributed by atoms with Gasteiger partial charge in [0, 0.05) is 24.3 Å². The number of likely N-dealkylation sites (N-methyl/N-ethyl adjacent to an activating group) is 1. The van der Waals surface area contributed by atoms with Crippen LogP contribution in [0.1, 0.15) is 12.5 Å². The Labute approximate surface area is 106 Å². The molecule has 0 bridgehead atoms. The number of nitrogen functional groups attached to an aromatic ring is 1. The van der Waals surface area contributed by atoms with Gasteiger partial charge in [-0.15, -0.1) is 0 Å². The van der Waals surface area contributed by atoms with Gasteiger partial charge in [-0.3, -0.25) is 0 Å². The van der Waals surface area contributed by atoms with E-state index < -0.39 is 0 Å². The highest BCUT2D eigenvalue weighted by Crippen LogP contribution is 2.27. The molecule has 2 aromatic rings. The summed E-state index contributed by atoms with van der Waals surface area (Å²) in [5.74, 6) is 0.545. The number of aromatic nitrogens is 3. The summed E-state index contributed by atoms with van der Waals surface area (Å²) in [6.45, 7) is 2.21. The number of anilines is 1. The molecule has 3 heterocycles. The Kier molecular flexibility index (Phi) is 2.76. The third-order valence-corrected chi connectivity index (χ3v) is 3.50. The number of nitrogens with two attached hydrogens (primary N) is 1. The van der Waals surface area contributed by atoms with Crippen molar-refractivity contribution in [1.82, 2.24) is 19.4 Å². The quantitative estimate of drug-likeness (QED) is 0.866. The SMILES string of the molecule is CN1CCC(n2cncc2-c2ccnc(N)c2)C1. The lowest BCUT2D eigenvalue weighted by molar-refractivity contribution is 0.393. The van der Waals surface area contributed by atoms with E-state index in [1.54, 1.807) is 6.20 Å². The first kappa shape index (κ1) is 11.2. The second-order valence-electron chi connectivity index (χ2n) is 4.86. The van der Waals surface area contributed by atoms with Crippen molar-refractivity contribution in [3.63, 3.8) is 0 Å². The van der Waals surface area contributed by atoms with Gasteiger partial charge in [-0.25, -0.2) is 9.97 Å². The average Bonchev–Trinajstić information content (AvgIpc) is 2.96. The summed E-state index contributed by atoms with van der Waals surface area (Å²) in [7, 11) is 2.15. The zero-order valence-corrected chi connectivity index (χ0v) is 10.5. The maximum Gasteiger partial charge on any atom is 0.123 e. The number of hydrogen-bond acceptors (Lipinski definition) is 4. The number of imidazole rings is 1. The van der Waals surface area contributed by atoms with Gasteiger partial charge < -0.3 is 15.2 Å². The summed E-state index contributed by atoms with van der Waals surface area (Å²) in [5.41, 5.74) is 7.93. The summed E-state index contributed by atoms with van der Waals surface area (Å²) < 4.78 is 2.25. The van der Waals surface area contributed by atoms with Gasteiger partial charge in [-0.05, 0) is 32.1 Å². The van der Waals surface area contributed by atoms with Gasteiger partial charge in [0.2, 0.25) is 0 Å². The average molecular weight is 243 g/mol. The molecule has 0 aliphatic carbocycles. The number of hydrogen-bond donors (Lipinski definition) is 1. The van der Waals surface area contributed by atoms with E-state index in [0.29, 0.717) is 11.9 Å². The molecule has 3 rings (SSSR count). The molecule has 18 heavy (non-hydrogen) atoms. The number of nitrogens with zero attached hydrogens (tertiary/aromatic N) is 4. The largest absolute Gasteiger partial charge is 0.384 e. The van der Waals surface area contributed by atoms with E-state index in [-0.39, 0.29) is 0 Å². The smallest absolute Gasteiger partial charge is 0.123 e. The minimum atomic E-state index is 0.502. The van der Waals surface area contributed by atoms with E-state index in [9.17, 15) is 0 Å². The molecule has 1 saturated heterocycles. The zero-order valence-electron chi connectivity index (χ0n) is 10.5. The molecule has 0 radical (unpaired) electrons. The highest BCUT2D eigenvalue weighted by atomic mass is 15.2. The molecule has 2 aromatic heterocycles. The Balaban J connectivity index is 1.96. The Morgan fingerprint density at radius 1 is 1.44 bits per heavy atom. The number of rotatable bonds is 2. The Bertz CT molecular complexity index is 548. The molecule has 0 saturated carbocycles. The fraction of sp³-hybridized carbons (Fsp3) is 0.385. The van der Waals surface area contributed by atoms with Crippen molar-refractivity contribution >= 4 is 5.82 Å². The summed E-state index contributed by atoms with van der Waals surface area (Å²) in [6, 6.07) is 4.37. The van der Waals surface area contributed by atoms with Crippen LogP contribution in [-0.4, -0.2) is 39.6 Å². The first-order chi connectivity index (χ1) is 8.74. The van der Waals surface area contributed by atoms with Crippen LogP contribution in [0.3, 0.4) is 0 Å². The first-order valence-corrected chi connectivity index (χ1v) is 6.16. The maximum absolute atomic E-state index is 5.74. The molecule has 1 aliphatic rings. The number of likely N-dealkylation sites (tertiary alicyclic amines) is 1. The monoisotopic (exact) mass is 243 g/mol. The third kappa shape index (κ3) is 1.97. The standard InChI is InChI=1S/C13H17N5/c1-17-5-3-11(8-17)18-9-15-7-12(18)10-2-4-16-13(14)6-10/h2,4,6-7,9,11H,3,5,8H2,1H3,(H2,14,16). The molecule has 0 amide bonds. The van der Waals surface area contributed by atoms with Gasteiger partial charge in [0.1, 0.15) is 5.82 Å². The molecule has 1 unspecified atom stereocenters. The molecule has 2 N–H and O–H groups in total.